The molecule has 4 atom stereocenters. The highest BCUT2D eigenvalue weighted by atomic mass is 16.4. The van der Waals surface area contributed by atoms with Gasteiger partial charge in [-0.3, -0.25) is 9.59 Å². The number of carbonyl (C=O) groups excluding carboxylic acids is 1. The topological polar surface area (TPSA) is 79.5 Å². The number of carboxylic acids is 1. The van der Waals surface area contributed by atoms with Crippen LogP contribution in [0.2, 0.25) is 0 Å². The van der Waals surface area contributed by atoms with Crippen molar-refractivity contribution in [3.05, 3.63) is 54.3 Å². The quantitative estimate of drug-likeness (QED) is 0.834. The molecule has 5 nitrogen and oxygen atoms in total. The number of aliphatic carboxylic acids is 1. The summed E-state index contributed by atoms with van der Waals surface area (Å²) in [4.78, 5) is 24.3. The van der Waals surface area contributed by atoms with Gasteiger partial charge < -0.3 is 14.8 Å². The second-order valence-electron chi connectivity index (χ2n) is 6.82. The van der Waals surface area contributed by atoms with Crippen LogP contribution in [0.15, 0.2) is 53.0 Å². The fourth-order valence-electron chi connectivity index (χ4n) is 4.08. The SMILES string of the molecule is Cc1ccc(-c2cccc(NC(=O)[C@@H]3[C@@H](C(=O)O)[C@@H]4C=C[C@@H]3C4)c2)o1. The lowest BCUT2D eigenvalue weighted by atomic mass is 9.82. The molecule has 1 heterocycles. The van der Waals surface area contributed by atoms with E-state index in [1.165, 1.54) is 0 Å². The van der Waals surface area contributed by atoms with Crippen molar-refractivity contribution in [2.45, 2.75) is 13.3 Å². The summed E-state index contributed by atoms with van der Waals surface area (Å²) in [7, 11) is 0. The van der Waals surface area contributed by atoms with E-state index in [0.29, 0.717) is 5.69 Å². The zero-order valence-corrected chi connectivity index (χ0v) is 13.8. The molecule has 0 spiro atoms. The van der Waals surface area contributed by atoms with Crippen molar-refractivity contribution in [3.8, 4) is 11.3 Å². The smallest absolute Gasteiger partial charge is 0.307 e. The summed E-state index contributed by atoms with van der Waals surface area (Å²) in [6.45, 7) is 1.88. The molecular weight excluding hydrogens is 318 g/mol. The summed E-state index contributed by atoms with van der Waals surface area (Å²) in [6.07, 6.45) is 4.67. The van der Waals surface area contributed by atoms with Gasteiger partial charge in [0.25, 0.3) is 0 Å². The zero-order chi connectivity index (χ0) is 17.6. The Bertz CT molecular complexity index is 866. The Balaban J connectivity index is 1.55. The molecule has 2 bridgehead atoms. The van der Waals surface area contributed by atoms with Crippen LogP contribution in [0.1, 0.15) is 12.2 Å². The van der Waals surface area contributed by atoms with Crippen LogP contribution in [0.3, 0.4) is 0 Å². The zero-order valence-electron chi connectivity index (χ0n) is 13.8. The van der Waals surface area contributed by atoms with Crippen molar-refractivity contribution >= 4 is 17.6 Å². The van der Waals surface area contributed by atoms with E-state index in [2.05, 4.69) is 5.32 Å². The van der Waals surface area contributed by atoms with Gasteiger partial charge in [0.15, 0.2) is 0 Å². The van der Waals surface area contributed by atoms with Gasteiger partial charge in [-0.05, 0) is 49.4 Å². The van der Waals surface area contributed by atoms with E-state index in [1.807, 2.05) is 49.4 Å². The first-order valence-corrected chi connectivity index (χ1v) is 8.42. The van der Waals surface area contributed by atoms with E-state index in [4.69, 9.17) is 4.42 Å². The van der Waals surface area contributed by atoms with Crippen molar-refractivity contribution in [1.29, 1.82) is 0 Å². The highest BCUT2D eigenvalue weighted by Crippen LogP contribution is 2.48. The molecule has 2 aliphatic rings. The van der Waals surface area contributed by atoms with Crippen LogP contribution in [0, 0.1) is 30.6 Å². The molecule has 0 unspecified atom stereocenters. The molecule has 1 saturated carbocycles. The minimum atomic E-state index is -0.892. The molecule has 128 valence electrons. The number of benzene rings is 1. The Hall–Kier alpha value is -2.82. The summed E-state index contributed by atoms with van der Waals surface area (Å²) in [5, 5.41) is 12.4. The molecule has 2 aromatic rings. The number of rotatable bonds is 4. The van der Waals surface area contributed by atoms with Gasteiger partial charge in [-0.1, -0.05) is 24.3 Å². The molecule has 5 heteroatoms. The Labute approximate surface area is 145 Å². The fourth-order valence-corrected chi connectivity index (χ4v) is 4.08. The lowest BCUT2D eigenvalue weighted by Crippen LogP contribution is -2.36. The molecule has 0 saturated heterocycles. The maximum atomic E-state index is 12.7. The highest BCUT2D eigenvalue weighted by Gasteiger charge is 2.51. The number of allylic oxidation sites excluding steroid dienone is 2. The van der Waals surface area contributed by atoms with Crippen molar-refractivity contribution in [1.82, 2.24) is 0 Å². The predicted molar refractivity (Wildman–Crippen MR) is 92.9 cm³/mol. The van der Waals surface area contributed by atoms with Crippen LogP contribution in [0.25, 0.3) is 11.3 Å². The van der Waals surface area contributed by atoms with Crippen LogP contribution >= 0.6 is 0 Å². The Morgan fingerprint density at radius 3 is 2.56 bits per heavy atom. The van der Waals surface area contributed by atoms with E-state index < -0.39 is 17.8 Å². The first-order valence-electron chi connectivity index (χ1n) is 8.42. The fraction of sp³-hybridized carbons (Fsp3) is 0.300. The van der Waals surface area contributed by atoms with Crippen LogP contribution in [-0.4, -0.2) is 17.0 Å². The molecule has 2 N–H and O–H groups in total. The number of hydrogen-bond donors (Lipinski definition) is 2. The van der Waals surface area contributed by atoms with E-state index in [0.717, 1.165) is 23.5 Å². The highest BCUT2D eigenvalue weighted by molar-refractivity contribution is 5.96. The molecule has 1 aromatic heterocycles. The monoisotopic (exact) mass is 337 g/mol. The van der Waals surface area contributed by atoms with Gasteiger partial charge >= 0.3 is 5.97 Å². The van der Waals surface area contributed by atoms with Crippen molar-refractivity contribution in [2.75, 3.05) is 5.32 Å². The molecule has 1 amide bonds. The van der Waals surface area contributed by atoms with Crippen molar-refractivity contribution in [3.63, 3.8) is 0 Å². The summed E-state index contributed by atoms with van der Waals surface area (Å²) in [6, 6.07) is 11.2. The molecule has 4 rings (SSSR count). The number of nitrogens with one attached hydrogen (secondary N) is 1. The molecule has 2 aliphatic carbocycles. The number of aryl methyl sites for hydroxylation is 1. The summed E-state index contributed by atoms with van der Waals surface area (Å²) in [5.41, 5.74) is 1.51. The van der Waals surface area contributed by atoms with Crippen LogP contribution < -0.4 is 5.32 Å². The van der Waals surface area contributed by atoms with E-state index >= 15 is 0 Å². The average molecular weight is 337 g/mol. The molecule has 25 heavy (non-hydrogen) atoms. The normalized spacial score (nSPS) is 26.8. The minimum absolute atomic E-state index is 0.0157. The number of amides is 1. The van der Waals surface area contributed by atoms with Crippen molar-refractivity contribution < 1.29 is 19.1 Å². The first-order chi connectivity index (χ1) is 12.0. The van der Waals surface area contributed by atoms with Gasteiger partial charge in [0.2, 0.25) is 5.91 Å². The van der Waals surface area contributed by atoms with E-state index in [9.17, 15) is 14.7 Å². The Kier molecular flexibility index (Phi) is 3.71. The maximum absolute atomic E-state index is 12.7. The third-order valence-electron chi connectivity index (χ3n) is 5.20. The van der Waals surface area contributed by atoms with Crippen molar-refractivity contribution in [2.24, 2.45) is 23.7 Å². The summed E-state index contributed by atoms with van der Waals surface area (Å²) < 4.78 is 5.62. The van der Waals surface area contributed by atoms with E-state index in [-0.39, 0.29) is 17.7 Å². The van der Waals surface area contributed by atoms with Gasteiger partial charge in [0.05, 0.1) is 11.8 Å². The number of fused-ring (bicyclic) bond motifs is 2. The van der Waals surface area contributed by atoms with Gasteiger partial charge in [0.1, 0.15) is 11.5 Å². The molecule has 0 aliphatic heterocycles. The summed E-state index contributed by atoms with van der Waals surface area (Å²) in [5.74, 6) is -0.721. The third kappa shape index (κ3) is 2.76. The minimum Gasteiger partial charge on any atom is -0.481 e. The molecule has 0 radical (unpaired) electrons. The van der Waals surface area contributed by atoms with Gasteiger partial charge in [-0.15, -0.1) is 0 Å². The number of carbonyl (C=O) groups is 2. The number of carboxylic acid groups (broad SMARTS) is 1. The maximum Gasteiger partial charge on any atom is 0.307 e. The van der Waals surface area contributed by atoms with Crippen LogP contribution in [0.5, 0.6) is 0 Å². The van der Waals surface area contributed by atoms with Gasteiger partial charge in [-0.2, -0.15) is 0 Å². The predicted octanol–water partition coefficient (Wildman–Crippen LogP) is 3.72. The molecule has 1 fully saturated rings. The third-order valence-corrected chi connectivity index (χ3v) is 5.20. The largest absolute Gasteiger partial charge is 0.481 e. The standard InChI is InChI=1S/C20H19NO4/c1-11-5-8-16(25-11)12-3-2-4-15(10-12)21-19(22)17-13-6-7-14(9-13)18(17)20(23)24/h2-8,10,13-14,17-18H,9H2,1H3,(H,21,22)(H,23,24)/t13-,14-,17+,18+/m1/s1. The van der Waals surface area contributed by atoms with Gasteiger partial charge in [0, 0.05) is 11.3 Å². The second kappa shape index (κ2) is 5.92. The Morgan fingerprint density at radius 2 is 1.88 bits per heavy atom. The molecule has 1 aromatic carbocycles. The number of hydrogen-bond acceptors (Lipinski definition) is 3. The van der Waals surface area contributed by atoms with E-state index in [1.54, 1.807) is 6.07 Å². The summed E-state index contributed by atoms with van der Waals surface area (Å²) >= 11 is 0. The number of anilines is 1. The lowest BCUT2D eigenvalue weighted by molar-refractivity contribution is -0.146. The lowest BCUT2D eigenvalue weighted by Gasteiger charge is -2.23. The van der Waals surface area contributed by atoms with Crippen LogP contribution in [-0.2, 0) is 9.59 Å². The Morgan fingerprint density at radius 1 is 1.12 bits per heavy atom. The average Bonchev–Trinajstić information content (AvgIpc) is 3.30. The number of furan rings is 1. The van der Waals surface area contributed by atoms with Gasteiger partial charge in [-0.25, -0.2) is 0 Å². The second-order valence-corrected chi connectivity index (χ2v) is 6.82. The molecular formula is C20H19NO4. The first kappa shape index (κ1) is 15.7. The van der Waals surface area contributed by atoms with Crippen LogP contribution in [0.4, 0.5) is 5.69 Å².